The van der Waals surface area contributed by atoms with E-state index in [4.69, 9.17) is 9.84 Å². The Bertz CT molecular complexity index is 787. The van der Waals surface area contributed by atoms with Crippen LogP contribution in [-0.4, -0.2) is 29.5 Å². The SMILES string of the molecule is O=C(O)/C=C/C(=O)Nc1cccc(NC(=O)COc2ccccc2)c1. The second-order valence-corrected chi connectivity index (χ2v) is 4.89. The molecule has 2 aromatic carbocycles. The molecule has 0 atom stereocenters. The Kier molecular flexibility index (Phi) is 6.30. The summed E-state index contributed by atoms with van der Waals surface area (Å²) in [6.07, 6.45) is 1.64. The Morgan fingerprint density at radius 3 is 2.28 bits per heavy atom. The van der Waals surface area contributed by atoms with Gasteiger partial charge in [0.1, 0.15) is 5.75 Å². The molecule has 2 amide bonds. The topological polar surface area (TPSA) is 105 Å². The summed E-state index contributed by atoms with van der Waals surface area (Å²) in [5.41, 5.74) is 0.892. The van der Waals surface area contributed by atoms with E-state index in [0.717, 1.165) is 12.2 Å². The van der Waals surface area contributed by atoms with E-state index >= 15 is 0 Å². The van der Waals surface area contributed by atoms with Gasteiger partial charge in [-0.3, -0.25) is 9.59 Å². The Morgan fingerprint density at radius 2 is 1.60 bits per heavy atom. The highest BCUT2D eigenvalue weighted by atomic mass is 16.5. The Hall–Kier alpha value is -3.61. The maximum Gasteiger partial charge on any atom is 0.328 e. The first-order valence-electron chi connectivity index (χ1n) is 7.33. The largest absolute Gasteiger partial charge is 0.484 e. The minimum atomic E-state index is -1.21. The molecule has 3 N–H and O–H groups in total. The molecule has 0 aliphatic carbocycles. The minimum Gasteiger partial charge on any atom is -0.484 e. The summed E-state index contributed by atoms with van der Waals surface area (Å²) < 4.78 is 5.34. The van der Waals surface area contributed by atoms with Crippen LogP contribution in [-0.2, 0) is 14.4 Å². The molecule has 0 saturated carbocycles. The molecule has 0 aliphatic heterocycles. The van der Waals surface area contributed by atoms with Crippen molar-refractivity contribution in [2.45, 2.75) is 0 Å². The van der Waals surface area contributed by atoms with E-state index in [1.165, 1.54) is 0 Å². The summed E-state index contributed by atoms with van der Waals surface area (Å²) in [4.78, 5) is 33.8. The fraction of sp³-hybridized carbons (Fsp3) is 0.0556. The van der Waals surface area contributed by atoms with Crippen molar-refractivity contribution in [3.05, 3.63) is 66.7 Å². The predicted octanol–water partition coefficient (Wildman–Crippen LogP) is 2.28. The van der Waals surface area contributed by atoms with Gasteiger partial charge in [-0.1, -0.05) is 24.3 Å². The van der Waals surface area contributed by atoms with Crippen LogP contribution in [0.2, 0.25) is 0 Å². The standard InChI is InChI=1S/C18H16N2O5/c21-16(9-10-18(23)24)19-13-5-4-6-14(11-13)20-17(22)12-25-15-7-2-1-3-8-15/h1-11H,12H2,(H,19,21)(H,20,22)(H,23,24)/b10-9+. The molecule has 0 fully saturated rings. The monoisotopic (exact) mass is 340 g/mol. The molecule has 0 bridgehead atoms. The molecule has 128 valence electrons. The van der Waals surface area contributed by atoms with Crippen LogP contribution in [0.5, 0.6) is 5.75 Å². The van der Waals surface area contributed by atoms with Crippen LogP contribution in [0.1, 0.15) is 0 Å². The van der Waals surface area contributed by atoms with Crippen molar-refractivity contribution in [2.75, 3.05) is 17.2 Å². The maximum atomic E-state index is 11.9. The molecule has 25 heavy (non-hydrogen) atoms. The van der Waals surface area contributed by atoms with Crippen LogP contribution >= 0.6 is 0 Å². The number of rotatable bonds is 7. The van der Waals surface area contributed by atoms with Crippen molar-refractivity contribution < 1.29 is 24.2 Å². The van der Waals surface area contributed by atoms with Gasteiger partial charge in [-0.05, 0) is 30.3 Å². The third-order valence-electron chi connectivity index (χ3n) is 2.90. The number of nitrogens with one attached hydrogen (secondary N) is 2. The Morgan fingerprint density at radius 1 is 0.920 bits per heavy atom. The first kappa shape index (κ1) is 17.7. The maximum absolute atomic E-state index is 11.9. The quantitative estimate of drug-likeness (QED) is 0.671. The van der Waals surface area contributed by atoms with Crippen molar-refractivity contribution in [1.82, 2.24) is 0 Å². The molecular weight excluding hydrogens is 324 g/mol. The van der Waals surface area contributed by atoms with Gasteiger partial charge in [0.2, 0.25) is 5.91 Å². The van der Waals surface area contributed by atoms with E-state index in [0.29, 0.717) is 17.1 Å². The highest BCUT2D eigenvalue weighted by Gasteiger charge is 2.05. The number of carboxylic acids is 1. The lowest BCUT2D eigenvalue weighted by Gasteiger charge is -2.09. The zero-order valence-electron chi connectivity index (χ0n) is 13.1. The molecule has 7 nitrogen and oxygen atoms in total. The van der Waals surface area contributed by atoms with E-state index < -0.39 is 11.9 Å². The smallest absolute Gasteiger partial charge is 0.328 e. The molecule has 0 heterocycles. The van der Waals surface area contributed by atoms with Gasteiger partial charge in [0.15, 0.2) is 6.61 Å². The second-order valence-electron chi connectivity index (χ2n) is 4.89. The number of carboxylic acid groups (broad SMARTS) is 1. The first-order chi connectivity index (χ1) is 12.0. The minimum absolute atomic E-state index is 0.151. The highest BCUT2D eigenvalue weighted by Crippen LogP contribution is 2.15. The van der Waals surface area contributed by atoms with Gasteiger partial charge in [-0.15, -0.1) is 0 Å². The predicted molar refractivity (Wildman–Crippen MR) is 92.4 cm³/mol. The van der Waals surface area contributed by atoms with Gasteiger partial charge in [0.05, 0.1) is 0 Å². The van der Waals surface area contributed by atoms with E-state index in [9.17, 15) is 14.4 Å². The van der Waals surface area contributed by atoms with Crippen molar-refractivity contribution in [3.8, 4) is 5.75 Å². The lowest BCUT2D eigenvalue weighted by atomic mass is 10.2. The summed E-state index contributed by atoms with van der Waals surface area (Å²) in [6, 6.07) is 15.4. The highest BCUT2D eigenvalue weighted by molar-refractivity contribution is 6.02. The van der Waals surface area contributed by atoms with Crippen molar-refractivity contribution >= 4 is 29.2 Å². The summed E-state index contributed by atoms with van der Waals surface area (Å²) in [5.74, 6) is -1.56. The van der Waals surface area contributed by atoms with Gasteiger partial charge in [0.25, 0.3) is 5.91 Å². The van der Waals surface area contributed by atoms with Crippen molar-refractivity contribution in [1.29, 1.82) is 0 Å². The molecular formula is C18H16N2O5. The molecule has 0 saturated heterocycles. The molecule has 0 radical (unpaired) electrons. The second kappa shape index (κ2) is 8.88. The van der Waals surface area contributed by atoms with Crippen LogP contribution in [0.3, 0.4) is 0 Å². The summed E-state index contributed by atoms with van der Waals surface area (Å²) in [5, 5.41) is 13.6. The molecule has 0 aliphatic rings. The van der Waals surface area contributed by atoms with Crippen LogP contribution in [0.15, 0.2) is 66.7 Å². The number of carbonyl (C=O) groups is 3. The zero-order valence-corrected chi connectivity index (χ0v) is 13.1. The number of carbonyl (C=O) groups excluding carboxylic acids is 2. The van der Waals surface area contributed by atoms with Crippen molar-refractivity contribution in [2.24, 2.45) is 0 Å². The van der Waals surface area contributed by atoms with Gasteiger partial charge in [-0.2, -0.15) is 0 Å². The molecule has 2 rings (SSSR count). The summed E-state index contributed by atoms with van der Waals surface area (Å²) in [7, 11) is 0. The molecule has 2 aromatic rings. The van der Waals surface area contributed by atoms with Crippen molar-refractivity contribution in [3.63, 3.8) is 0 Å². The zero-order chi connectivity index (χ0) is 18.1. The van der Waals surface area contributed by atoms with Crippen LogP contribution in [0, 0.1) is 0 Å². The average molecular weight is 340 g/mol. The number of para-hydroxylation sites is 1. The van der Waals surface area contributed by atoms with Gasteiger partial charge in [-0.25, -0.2) is 4.79 Å². The summed E-state index contributed by atoms with van der Waals surface area (Å²) in [6.45, 7) is -0.151. The van der Waals surface area contributed by atoms with E-state index in [1.807, 2.05) is 6.07 Å². The molecule has 0 spiro atoms. The molecule has 7 heteroatoms. The van der Waals surface area contributed by atoms with Crippen LogP contribution in [0.25, 0.3) is 0 Å². The number of benzene rings is 2. The van der Waals surface area contributed by atoms with E-state index in [1.54, 1.807) is 48.5 Å². The Balaban J connectivity index is 1.89. The number of aliphatic carboxylic acids is 1. The normalized spacial score (nSPS) is 10.2. The molecule has 0 aromatic heterocycles. The van der Waals surface area contributed by atoms with Gasteiger partial charge < -0.3 is 20.5 Å². The first-order valence-corrected chi connectivity index (χ1v) is 7.33. The fourth-order valence-electron chi connectivity index (χ4n) is 1.87. The third kappa shape index (κ3) is 6.57. The lowest BCUT2D eigenvalue weighted by molar-refractivity contribution is -0.131. The molecule has 0 unspecified atom stereocenters. The van der Waals surface area contributed by atoms with Gasteiger partial charge in [0, 0.05) is 23.5 Å². The number of amides is 2. The van der Waals surface area contributed by atoms with Gasteiger partial charge >= 0.3 is 5.97 Å². The van der Waals surface area contributed by atoms with E-state index in [2.05, 4.69) is 10.6 Å². The van der Waals surface area contributed by atoms with E-state index in [-0.39, 0.29) is 12.5 Å². The number of hydrogen-bond acceptors (Lipinski definition) is 4. The number of ether oxygens (including phenoxy) is 1. The lowest BCUT2D eigenvalue weighted by Crippen LogP contribution is -2.20. The fourth-order valence-corrected chi connectivity index (χ4v) is 1.87. The third-order valence-corrected chi connectivity index (χ3v) is 2.90. The number of hydrogen-bond donors (Lipinski definition) is 3. The van der Waals surface area contributed by atoms with Crippen LogP contribution < -0.4 is 15.4 Å². The van der Waals surface area contributed by atoms with Crippen LogP contribution in [0.4, 0.5) is 11.4 Å². The number of anilines is 2. The average Bonchev–Trinajstić information content (AvgIpc) is 2.59. The summed E-state index contributed by atoms with van der Waals surface area (Å²) >= 11 is 0. The Labute approximate surface area is 143 Å².